The number of nitrogens with one attached hydrogen (secondary N) is 1. The van der Waals surface area contributed by atoms with Gasteiger partial charge in [0.25, 0.3) is 5.70 Å². The lowest BCUT2D eigenvalue weighted by Gasteiger charge is -2.17. The van der Waals surface area contributed by atoms with E-state index in [-0.39, 0.29) is 10.7 Å². The fourth-order valence-electron chi connectivity index (χ4n) is 2.66. The van der Waals surface area contributed by atoms with E-state index >= 15 is 0 Å². The van der Waals surface area contributed by atoms with Crippen molar-refractivity contribution in [3.05, 3.63) is 105 Å². The van der Waals surface area contributed by atoms with Gasteiger partial charge in [-0.05, 0) is 48.9 Å². The molecule has 9 heteroatoms. The Balaban J connectivity index is 2.08. The fraction of sp³-hybridized carbons (Fsp3) is 0.100. The Bertz CT molecular complexity index is 1120. The molecule has 150 valence electrons. The van der Waals surface area contributed by atoms with Crippen molar-refractivity contribution in [3.63, 3.8) is 0 Å². The molecule has 1 aromatic heterocycles. The topological polar surface area (TPSA) is 102 Å². The average Bonchev–Trinajstić information content (AvgIpc) is 3.19. The molecule has 1 N–H and O–H groups in total. The lowest BCUT2D eigenvalue weighted by molar-refractivity contribution is -0.429. The first-order valence-corrected chi connectivity index (χ1v) is 10.4. The van der Waals surface area contributed by atoms with Gasteiger partial charge in [0.2, 0.25) is 10.0 Å². The maximum atomic E-state index is 12.9. The van der Waals surface area contributed by atoms with Crippen molar-refractivity contribution in [2.45, 2.75) is 17.9 Å². The van der Waals surface area contributed by atoms with E-state index in [2.05, 4.69) is 4.72 Å². The number of aryl methyl sites for hydroxylation is 1. The third kappa shape index (κ3) is 5.11. The number of nitro groups is 1. The summed E-state index contributed by atoms with van der Waals surface area (Å²) in [5.74, 6) is 0.227. The highest BCUT2D eigenvalue weighted by atomic mass is 35.5. The molecule has 3 rings (SSSR count). The van der Waals surface area contributed by atoms with E-state index in [9.17, 15) is 18.5 Å². The van der Waals surface area contributed by atoms with Crippen LogP contribution in [-0.2, 0) is 10.0 Å². The number of nitrogens with zero attached hydrogens (tertiary/aromatic N) is 1. The highest BCUT2D eigenvalue weighted by molar-refractivity contribution is 7.89. The summed E-state index contributed by atoms with van der Waals surface area (Å²) in [5, 5.41) is 12.2. The van der Waals surface area contributed by atoms with Crippen LogP contribution < -0.4 is 4.72 Å². The highest BCUT2D eigenvalue weighted by Gasteiger charge is 2.32. The molecule has 0 saturated heterocycles. The lowest BCUT2D eigenvalue weighted by Crippen LogP contribution is -2.32. The van der Waals surface area contributed by atoms with Crippen LogP contribution in [0, 0.1) is 17.0 Å². The molecule has 29 heavy (non-hydrogen) atoms. The van der Waals surface area contributed by atoms with Gasteiger partial charge in [-0.2, -0.15) is 4.72 Å². The molecule has 1 unspecified atom stereocenters. The van der Waals surface area contributed by atoms with Gasteiger partial charge in [-0.25, -0.2) is 8.42 Å². The Hall–Kier alpha value is -2.94. The summed E-state index contributed by atoms with van der Waals surface area (Å²) in [6.45, 7) is 1.83. The first-order valence-electron chi connectivity index (χ1n) is 8.50. The molecule has 2 aromatic carbocycles. The molecule has 0 aliphatic carbocycles. The molecule has 7 nitrogen and oxygen atoms in total. The Morgan fingerprint density at radius 3 is 2.34 bits per heavy atom. The van der Waals surface area contributed by atoms with Gasteiger partial charge in [0.05, 0.1) is 22.2 Å². The van der Waals surface area contributed by atoms with Gasteiger partial charge in [-0.15, -0.1) is 0 Å². The Labute approximate surface area is 172 Å². The number of halogens is 1. The van der Waals surface area contributed by atoms with Gasteiger partial charge < -0.3 is 4.42 Å². The molecule has 0 radical (unpaired) electrons. The van der Waals surface area contributed by atoms with E-state index in [1.165, 1.54) is 54.8 Å². The molecule has 0 aliphatic rings. The van der Waals surface area contributed by atoms with Gasteiger partial charge in [0.15, 0.2) is 0 Å². The smallest absolute Gasteiger partial charge is 0.272 e. The molecule has 1 heterocycles. The molecule has 0 bridgehead atoms. The zero-order valence-electron chi connectivity index (χ0n) is 15.3. The van der Waals surface area contributed by atoms with Crippen molar-refractivity contribution in [1.82, 2.24) is 4.72 Å². The van der Waals surface area contributed by atoms with Crippen molar-refractivity contribution in [1.29, 1.82) is 0 Å². The molecule has 3 aromatic rings. The second-order valence-electron chi connectivity index (χ2n) is 6.26. The molecule has 0 fully saturated rings. The number of sulfonamides is 1. The van der Waals surface area contributed by atoms with Crippen LogP contribution in [-0.4, -0.2) is 13.3 Å². The number of rotatable bonds is 7. The summed E-state index contributed by atoms with van der Waals surface area (Å²) < 4.78 is 33.4. The van der Waals surface area contributed by atoms with Crippen molar-refractivity contribution in [3.8, 4) is 0 Å². The lowest BCUT2D eigenvalue weighted by atomic mass is 10.0. The van der Waals surface area contributed by atoms with E-state index < -0.39 is 26.7 Å². The third-order valence-electron chi connectivity index (χ3n) is 4.15. The Kier molecular flexibility index (Phi) is 6.17. The zero-order chi connectivity index (χ0) is 21.0. The number of furan rings is 1. The molecular formula is C20H17ClN2O5S. The number of hydrogen-bond donors (Lipinski definition) is 1. The van der Waals surface area contributed by atoms with Crippen LogP contribution >= 0.6 is 11.6 Å². The third-order valence-corrected chi connectivity index (χ3v) is 5.84. The number of hydrogen-bond acceptors (Lipinski definition) is 5. The van der Waals surface area contributed by atoms with Crippen LogP contribution in [0.5, 0.6) is 0 Å². The van der Waals surface area contributed by atoms with E-state index in [4.69, 9.17) is 16.0 Å². The van der Waals surface area contributed by atoms with E-state index in [1.807, 2.05) is 6.92 Å². The molecule has 1 atom stereocenters. The van der Waals surface area contributed by atoms with Crippen molar-refractivity contribution in [2.75, 3.05) is 0 Å². The minimum atomic E-state index is -4.05. The van der Waals surface area contributed by atoms with Crippen LogP contribution in [0.4, 0.5) is 0 Å². The summed E-state index contributed by atoms with van der Waals surface area (Å²) in [5.41, 5.74) is 0.861. The first-order chi connectivity index (χ1) is 13.8. The van der Waals surface area contributed by atoms with Crippen molar-refractivity contribution in [2.24, 2.45) is 0 Å². The summed E-state index contributed by atoms with van der Waals surface area (Å²) >= 11 is 5.92. The quantitative estimate of drug-likeness (QED) is 0.435. The number of benzene rings is 2. The fourth-order valence-corrected chi connectivity index (χ4v) is 3.98. The van der Waals surface area contributed by atoms with Gasteiger partial charge in [-0.1, -0.05) is 41.4 Å². The second-order valence-corrected chi connectivity index (χ2v) is 8.41. The maximum Gasteiger partial charge on any atom is 0.272 e. The van der Waals surface area contributed by atoms with Crippen LogP contribution in [0.1, 0.15) is 22.9 Å². The monoisotopic (exact) mass is 432 g/mol. The molecular weight excluding hydrogens is 416 g/mol. The Morgan fingerprint density at radius 1 is 1.14 bits per heavy atom. The summed E-state index contributed by atoms with van der Waals surface area (Å²) in [4.78, 5) is 11.2. The van der Waals surface area contributed by atoms with Crippen LogP contribution in [0.2, 0.25) is 5.02 Å². The summed E-state index contributed by atoms with van der Waals surface area (Å²) in [7, 11) is -4.05. The van der Waals surface area contributed by atoms with Crippen LogP contribution in [0.15, 0.2) is 81.9 Å². The SMILES string of the molecule is Cc1ccc(S(=O)(=O)NC(/C(=C\c2ccco2)[N+](=O)[O-])c2ccc(Cl)cc2)cc1. The van der Waals surface area contributed by atoms with Gasteiger partial charge in [0.1, 0.15) is 11.8 Å². The minimum absolute atomic E-state index is 0.00256. The predicted octanol–water partition coefficient (Wildman–Crippen LogP) is 4.58. The van der Waals surface area contributed by atoms with Gasteiger partial charge in [-0.3, -0.25) is 10.1 Å². The largest absolute Gasteiger partial charge is 0.465 e. The second kappa shape index (κ2) is 8.60. The van der Waals surface area contributed by atoms with Gasteiger partial charge >= 0.3 is 0 Å². The predicted molar refractivity (Wildman–Crippen MR) is 109 cm³/mol. The van der Waals surface area contributed by atoms with Crippen molar-refractivity contribution >= 4 is 27.7 Å². The minimum Gasteiger partial charge on any atom is -0.465 e. The normalized spacial score (nSPS) is 13.2. The molecule has 0 aliphatic heterocycles. The van der Waals surface area contributed by atoms with E-state index in [0.717, 1.165) is 5.56 Å². The molecule has 0 amide bonds. The maximum absolute atomic E-state index is 12.9. The van der Waals surface area contributed by atoms with E-state index in [0.29, 0.717) is 10.6 Å². The van der Waals surface area contributed by atoms with Crippen LogP contribution in [0.3, 0.4) is 0 Å². The summed E-state index contributed by atoms with van der Waals surface area (Å²) in [6, 6.07) is 14.2. The molecule has 0 spiro atoms. The van der Waals surface area contributed by atoms with Crippen molar-refractivity contribution < 1.29 is 17.8 Å². The standard InChI is InChI=1S/C20H17ClN2O5S/c1-14-4-10-18(11-5-14)29(26,27)22-20(15-6-8-16(21)9-7-15)19(23(24)25)13-17-3-2-12-28-17/h2-13,20,22H,1H3/b19-13+. The highest BCUT2D eigenvalue weighted by Crippen LogP contribution is 2.28. The van der Waals surface area contributed by atoms with Crippen LogP contribution in [0.25, 0.3) is 6.08 Å². The molecule has 0 saturated carbocycles. The Morgan fingerprint density at radius 2 is 1.79 bits per heavy atom. The van der Waals surface area contributed by atoms with E-state index in [1.54, 1.807) is 18.2 Å². The van der Waals surface area contributed by atoms with Gasteiger partial charge in [0, 0.05) is 5.02 Å². The zero-order valence-corrected chi connectivity index (χ0v) is 16.9. The first kappa shape index (κ1) is 20.8. The average molecular weight is 433 g/mol. The summed E-state index contributed by atoms with van der Waals surface area (Å²) in [6.07, 6.45) is 2.56.